The Morgan fingerprint density at radius 1 is 1.14 bits per heavy atom. The zero-order chi connectivity index (χ0) is 9.97. The zero-order valence-electron chi connectivity index (χ0n) is 8.25. The van der Waals surface area contributed by atoms with Crippen LogP contribution in [0.3, 0.4) is 0 Å². The standard InChI is InChI=1S/C13H13N/c1-3-10-8-11-6-4-5-7-12(11)9-13(10)14-2/h3-9,14H,1H2,2H3. The van der Waals surface area contributed by atoms with E-state index in [2.05, 4.69) is 42.2 Å². The van der Waals surface area contributed by atoms with Gasteiger partial charge in [-0.3, -0.25) is 0 Å². The largest absolute Gasteiger partial charge is 0.388 e. The van der Waals surface area contributed by atoms with E-state index in [1.807, 2.05) is 19.2 Å². The molecule has 70 valence electrons. The van der Waals surface area contributed by atoms with Crippen LogP contribution in [-0.4, -0.2) is 7.05 Å². The van der Waals surface area contributed by atoms with Crippen molar-refractivity contribution < 1.29 is 0 Å². The molecule has 2 aromatic rings. The number of rotatable bonds is 2. The maximum Gasteiger partial charge on any atom is 0.0417 e. The SMILES string of the molecule is C=Cc1cc2ccccc2cc1NC. The van der Waals surface area contributed by atoms with Gasteiger partial charge in [0, 0.05) is 12.7 Å². The third-order valence-electron chi connectivity index (χ3n) is 2.41. The Hall–Kier alpha value is -1.76. The van der Waals surface area contributed by atoms with Crippen LogP contribution in [0.25, 0.3) is 16.8 Å². The fraction of sp³-hybridized carbons (Fsp3) is 0.0769. The Labute approximate surface area is 84.1 Å². The Kier molecular flexibility index (Phi) is 2.23. The molecule has 0 aliphatic heterocycles. The Bertz CT molecular complexity index is 472. The lowest BCUT2D eigenvalue weighted by Gasteiger charge is -2.07. The van der Waals surface area contributed by atoms with Crippen LogP contribution in [0.4, 0.5) is 5.69 Å². The maximum absolute atomic E-state index is 3.81. The number of benzene rings is 2. The average molecular weight is 183 g/mol. The van der Waals surface area contributed by atoms with Crippen LogP contribution in [-0.2, 0) is 0 Å². The van der Waals surface area contributed by atoms with Crippen molar-refractivity contribution in [2.75, 3.05) is 12.4 Å². The first-order valence-electron chi connectivity index (χ1n) is 4.68. The molecule has 0 aromatic heterocycles. The van der Waals surface area contributed by atoms with E-state index < -0.39 is 0 Å². The van der Waals surface area contributed by atoms with Crippen molar-refractivity contribution in [1.29, 1.82) is 0 Å². The number of hydrogen-bond donors (Lipinski definition) is 1. The van der Waals surface area contributed by atoms with Gasteiger partial charge >= 0.3 is 0 Å². The van der Waals surface area contributed by atoms with Crippen LogP contribution in [0, 0.1) is 0 Å². The minimum absolute atomic E-state index is 1.12. The fourth-order valence-corrected chi connectivity index (χ4v) is 1.64. The van der Waals surface area contributed by atoms with E-state index in [-0.39, 0.29) is 0 Å². The molecule has 0 amide bonds. The van der Waals surface area contributed by atoms with Gasteiger partial charge in [0.15, 0.2) is 0 Å². The third kappa shape index (κ3) is 1.37. The minimum Gasteiger partial charge on any atom is -0.388 e. The lowest BCUT2D eigenvalue weighted by molar-refractivity contribution is 1.52. The van der Waals surface area contributed by atoms with E-state index >= 15 is 0 Å². The van der Waals surface area contributed by atoms with Crippen LogP contribution in [0.5, 0.6) is 0 Å². The van der Waals surface area contributed by atoms with Gasteiger partial charge in [-0.15, -0.1) is 0 Å². The molecule has 0 saturated carbocycles. The predicted octanol–water partition coefficient (Wildman–Crippen LogP) is 3.52. The summed E-state index contributed by atoms with van der Waals surface area (Å²) < 4.78 is 0. The smallest absolute Gasteiger partial charge is 0.0417 e. The van der Waals surface area contributed by atoms with E-state index in [0.717, 1.165) is 11.3 Å². The molecular weight excluding hydrogens is 170 g/mol. The van der Waals surface area contributed by atoms with E-state index in [9.17, 15) is 0 Å². The second kappa shape index (κ2) is 3.54. The molecule has 0 saturated heterocycles. The summed E-state index contributed by atoms with van der Waals surface area (Å²) in [5.41, 5.74) is 2.27. The lowest BCUT2D eigenvalue weighted by Crippen LogP contribution is -1.91. The molecule has 0 fully saturated rings. The summed E-state index contributed by atoms with van der Waals surface area (Å²) in [6.07, 6.45) is 1.87. The molecule has 0 bridgehead atoms. The normalized spacial score (nSPS) is 10.1. The zero-order valence-corrected chi connectivity index (χ0v) is 8.25. The highest BCUT2D eigenvalue weighted by molar-refractivity contribution is 5.89. The summed E-state index contributed by atoms with van der Waals surface area (Å²) in [5, 5.41) is 5.67. The minimum atomic E-state index is 1.12. The molecule has 2 rings (SSSR count). The summed E-state index contributed by atoms with van der Waals surface area (Å²) in [6, 6.07) is 12.6. The highest BCUT2D eigenvalue weighted by Gasteiger charge is 1.99. The van der Waals surface area contributed by atoms with Crippen LogP contribution in [0.15, 0.2) is 43.0 Å². The number of anilines is 1. The summed E-state index contributed by atoms with van der Waals surface area (Å²) in [6.45, 7) is 3.81. The highest BCUT2D eigenvalue weighted by atomic mass is 14.8. The van der Waals surface area contributed by atoms with E-state index in [1.54, 1.807) is 0 Å². The first-order valence-corrected chi connectivity index (χ1v) is 4.68. The number of nitrogens with one attached hydrogen (secondary N) is 1. The van der Waals surface area contributed by atoms with Crippen molar-refractivity contribution in [3.63, 3.8) is 0 Å². The monoisotopic (exact) mass is 183 g/mol. The molecule has 1 nitrogen and oxygen atoms in total. The molecule has 0 radical (unpaired) electrons. The van der Waals surface area contributed by atoms with Gasteiger partial charge in [-0.25, -0.2) is 0 Å². The highest BCUT2D eigenvalue weighted by Crippen LogP contribution is 2.24. The predicted molar refractivity (Wildman–Crippen MR) is 63.6 cm³/mol. The summed E-state index contributed by atoms with van der Waals surface area (Å²) in [5.74, 6) is 0. The van der Waals surface area contributed by atoms with Crippen molar-refractivity contribution >= 4 is 22.5 Å². The molecule has 0 unspecified atom stereocenters. The van der Waals surface area contributed by atoms with Gasteiger partial charge in [0.25, 0.3) is 0 Å². The molecule has 0 atom stereocenters. The van der Waals surface area contributed by atoms with Gasteiger partial charge in [0.1, 0.15) is 0 Å². The van der Waals surface area contributed by atoms with Crippen molar-refractivity contribution in [1.82, 2.24) is 0 Å². The second-order valence-corrected chi connectivity index (χ2v) is 3.24. The molecule has 1 heteroatoms. The first kappa shape index (κ1) is 8.82. The summed E-state index contributed by atoms with van der Waals surface area (Å²) >= 11 is 0. The van der Waals surface area contributed by atoms with E-state index in [1.165, 1.54) is 10.8 Å². The van der Waals surface area contributed by atoms with Gasteiger partial charge in [-0.2, -0.15) is 0 Å². The van der Waals surface area contributed by atoms with Crippen LogP contribution < -0.4 is 5.32 Å². The summed E-state index contributed by atoms with van der Waals surface area (Å²) in [7, 11) is 1.93. The molecule has 0 spiro atoms. The topological polar surface area (TPSA) is 12.0 Å². The van der Waals surface area contributed by atoms with Gasteiger partial charge in [0.05, 0.1) is 0 Å². The van der Waals surface area contributed by atoms with E-state index in [0.29, 0.717) is 0 Å². The lowest BCUT2D eigenvalue weighted by atomic mass is 10.1. The Morgan fingerprint density at radius 2 is 1.79 bits per heavy atom. The third-order valence-corrected chi connectivity index (χ3v) is 2.41. The molecule has 0 aliphatic carbocycles. The molecule has 0 aliphatic rings. The quantitative estimate of drug-likeness (QED) is 0.751. The van der Waals surface area contributed by atoms with Crippen molar-refractivity contribution in [3.05, 3.63) is 48.5 Å². The number of fused-ring (bicyclic) bond motifs is 1. The summed E-state index contributed by atoms with van der Waals surface area (Å²) in [4.78, 5) is 0. The first-order chi connectivity index (χ1) is 6.85. The molecule has 2 aromatic carbocycles. The Morgan fingerprint density at radius 3 is 2.36 bits per heavy atom. The number of hydrogen-bond acceptors (Lipinski definition) is 1. The van der Waals surface area contributed by atoms with Gasteiger partial charge in [-0.05, 0) is 28.5 Å². The van der Waals surface area contributed by atoms with Crippen LogP contribution in [0.1, 0.15) is 5.56 Å². The van der Waals surface area contributed by atoms with Crippen molar-refractivity contribution in [2.24, 2.45) is 0 Å². The van der Waals surface area contributed by atoms with E-state index in [4.69, 9.17) is 0 Å². The molecular formula is C13H13N. The van der Waals surface area contributed by atoms with Crippen LogP contribution >= 0.6 is 0 Å². The fourth-order valence-electron chi connectivity index (χ4n) is 1.64. The van der Waals surface area contributed by atoms with Crippen molar-refractivity contribution in [2.45, 2.75) is 0 Å². The molecule has 14 heavy (non-hydrogen) atoms. The second-order valence-electron chi connectivity index (χ2n) is 3.24. The molecule has 0 heterocycles. The Balaban J connectivity index is 2.75. The van der Waals surface area contributed by atoms with Gasteiger partial charge in [0.2, 0.25) is 0 Å². The van der Waals surface area contributed by atoms with Crippen molar-refractivity contribution in [3.8, 4) is 0 Å². The van der Waals surface area contributed by atoms with Gasteiger partial charge in [-0.1, -0.05) is 36.9 Å². The van der Waals surface area contributed by atoms with Gasteiger partial charge < -0.3 is 5.32 Å². The average Bonchev–Trinajstić information content (AvgIpc) is 2.27. The molecule has 1 N–H and O–H groups in total. The maximum atomic E-state index is 3.81. The van der Waals surface area contributed by atoms with Crippen LogP contribution in [0.2, 0.25) is 0 Å².